The summed E-state index contributed by atoms with van der Waals surface area (Å²) >= 11 is 0. The number of aromatic nitrogens is 2. The number of nitrogens with one attached hydrogen (secondary N) is 2. The number of carbonyl (C=O) groups excluding carboxylic acids is 2. The van der Waals surface area contributed by atoms with Gasteiger partial charge in [0, 0.05) is 42.7 Å². The number of hydrogen-bond donors (Lipinski definition) is 2. The van der Waals surface area contributed by atoms with Crippen LogP contribution < -0.4 is 29.6 Å². The normalized spacial score (nSPS) is 13.8. The minimum atomic E-state index is -0.355. The maximum Gasteiger partial charge on any atom is 0.276 e. The fourth-order valence-corrected chi connectivity index (χ4v) is 3.48. The van der Waals surface area contributed by atoms with Crippen molar-refractivity contribution in [2.24, 2.45) is 0 Å². The third-order valence-electron chi connectivity index (χ3n) is 5.07. The van der Waals surface area contributed by atoms with E-state index in [4.69, 9.17) is 18.9 Å². The van der Waals surface area contributed by atoms with E-state index in [1.165, 1.54) is 0 Å². The molecule has 1 aromatic heterocycles. The van der Waals surface area contributed by atoms with Crippen LogP contribution in [0.1, 0.15) is 16.9 Å². The minimum Gasteiger partial charge on any atom is -0.486 e. The van der Waals surface area contributed by atoms with Crippen LogP contribution in [0, 0.1) is 0 Å². The second-order valence-corrected chi connectivity index (χ2v) is 7.43. The predicted molar refractivity (Wildman–Crippen MR) is 118 cm³/mol. The Bertz CT molecular complexity index is 1190. The van der Waals surface area contributed by atoms with Crippen LogP contribution in [-0.2, 0) is 11.3 Å². The van der Waals surface area contributed by atoms with Gasteiger partial charge in [0.2, 0.25) is 5.91 Å². The number of amides is 2. The van der Waals surface area contributed by atoms with E-state index in [1.54, 1.807) is 53.3 Å². The van der Waals surface area contributed by atoms with Crippen molar-refractivity contribution in [3.63, 3.8) is 0 Å². The number of fused-ring (bicyclic) bond motifs is 2. The van der Waals surface area contributed by atoms with Crippen molar-refractivity contribution in [1.82, 2.24) is 9.78 Å². The van der Waals surface area contributed by atoms with Crippen LogP contribution in [0.25, 0.3) is 0 Å². The Labute approximate surface area is 189 Å². The fraction of sp³-hybridized carbons (Fsp3) is 0.261. The molecular formula is C23H22N4O6. The summed E-state index contributed by atoms with van der Waals surface area (Å²) in [5.74, 6) is 1.99. The summed E-state index contributed by atoms with van der Waals surface area (Å²) in [6, 6.07) is 12.1. The first-order valence-corrected chi connectivity index (χ1v) is 10.6. The Morgan fingerprint density at radius 3 is 2.00 bits per heavy atom. The molecule has 3 heterocycles. The SMILES string of the molecule is O=C(CCn1ccc(C(=O)Nc2ccc3c(c2)OCCO3)n1)Nc1ccc2c(c1)OCCO2. The Balaban J connectivity index is 1.14. The van der Waals surface area contributed by atoms with E-state index in [2.05, 4.69) is 15.7 Å². The lowest BCUT2D eigenvalue weighted by Crippen LogP contribution is -2.18. The third-order valence-corrected chi connectivity index (χ3v) is 5.07. The molecule has 0 saturated carbocycles. The molecule has 5 rings (SSSR count). The zero-order chi connectivity index (χ0) is 22.6. The zero-order valence-electron chi connectivity index (χ0n) is 17.7. The van der Waals surface area contributed by atoms with Crippen LogP contribution >= 0.6 is 0 Å². The summed E-state index contributed by atoms with van der Waals surface area (Å²) in [6.45, 7) is 2.29. The molecular weight excluding hydrogens is 428 g/mol. The summed E-state index contributed by atoms with van der Waals surface area (Å²) in [7, 11) is 0. The van der Waals surface area contributed by atoms with E-state index in [-0.39, 0.29) is 23.9 Å². The molecule has 33 heavy (non-hydrogen) atoms. The van der Waals surface area contributed by atoms with Crippen LogP contribution in [0.4, 0.5) is 11.4 Å². The number of carbonyl (C=O) groups is 2. The molecule has 2 aliphatic heterocycles. The molecule has 10 heteroatoms. The first-order chi connectivity index (χ1) is 16.1. The molecule has 2 N–H and O–H groups in total. The molecule has 0 atom stereocenters. The molecule has 0 aliphatic carbocycles. The van der Waals surface area contributed by atoms with Gasteiger partial charge in [-0.2, -0.15) is 5.10 Å². The van der Waals surface area contributed by atoms with E-state index in [0.717, 1.165) is 0 Å². The summed E-state index contributed by atoms with van der Waals surface area (Å²) < 4.78 is 23.6. The monoisotopic (exact) mass is 450 g/mol. The highest BCUT2D eigenvalue weighted by Crippen LogP contribution is 2.33. The van der Waals surface area contributed by atoms with Crippen LogP contribution in [0.3, 0.4) is 0 Å². The molecule has 2 aliphatic rings. The first kappa shape index (κ1) is 20.7. The number of rotatable bonds is 6. The van der Waals surface area contributed by atoms with Gasteiger partial charge in [-0.3, -0.25) is 14.3 Å². The smallest absolute Gasteiger partial charge is 0.276 e. The van der Waals surface area contributed by atoms with Gasteiger partial charge >= 0.3 is 0 Å². The maximum absolute atomic E-state index is 12.5. The van der Waals surface area contributed by atoms with Crippen LogP contribution in [0.5, 0.6) is 23.0 Å². The average Bonchev–Trinajstić information content (AvgIpc) is 3.32. The molecule has 2 amide bonds. The highest BCUT2D eigenvalue weighted by atomic mass is 16.6. The van der Waals surface area contributed by atoms with E-state index in [0.29, 0.717) is 67.3 Å². The number of nitrogens with zero attached hydrogens (tertiary/aromatic N) is 2. The van der Waals surface area contributed by atoms with Gasteiger partial charge in [0.1, 0.15) is 26.4 Å². The molecule has 170 valence electrons. The van der Waals surface area contributed by atoms with Crippen molar-refractivity contribution in [3.8, 4) is 23.0 Å². The summed E-state index contributed by atoms with van der Waals surface area (Å²) in [5, 5.41) is 9.89. The Hall–Kier alpha value is -4.21. The lowest BCUT2D eigenvalue weighted by Gasteiger charge is -2.19. The lowest BCUT2D eigenvalue weighted by molar-refractivity contribution is -0.116. The maximum atomic E-state index is 12.5. The molecule has 3 aromatic rings. The second-order valence-electron chi connectivity index (χ2n) is 7.43. The fourth-order valence-electron chi connectivity index (χ4n) is 3.48. The summed E-state index contributed by atoms with van der Waals surface area (Å²) in [4.78, 5) is 24.9. The van der Waals surface area contributed by atoms with Crippen LogP contribution in [0.15, 0.2) is 48.7 Å². The van der Waals surface area contributed by atoms with Gasteiger partial charge in [0.05, 0.1) is 0 Å². The van der Waals surface area contributed by atoms with Crippen molar-refractivity contribution in [2.45, 2.75) is 13.0 Å². The second kappa shape index (κ2) is 9.11. The minimum absolute atomic E-state index is 0.176. The van der Waals surface area contributed by atoms with Gasteiger partial charge in [-0.05, 0) is 30.3 Å². The highest BCUT2D eigenvalue weighted by Gasteiger charge is 2.16. The largest absolute Gasteiger partial charge is 0.486 e. The predicted octanol–water partition coefficient (Wildman–Crippen LogP) is 2.71. The van der Waals surface area contributed by atoms with Crippen molar-refractivity contribution in [3.05, 3.63) is 54.4 Å². The Morgan fingerprint density at radius 1 is 0.788 bits per heavy atom. The summed E-state index contributed by atoms with van der Waals surface area (Å²) in [6.07, 6.45) is 1.86. The van der Waals surface area contributed by atoms with Crippen LogP contribution in [-0.4, -0.2) is 48.0 Å². The number of ether oxygens (including phenoxy) is 4. The van der Waals surface area contributed by atoms with Gasteiger partial charge in [0.15, 0.2) is 28.7 Å². The van der Waals surface area contributed by atoms with Gasteiger partial charge in [-0.15, -0.1) is 0 Å². The molecule has 10 nitrogen and oxygen atoms in total. The highest BCUT2D eigenvalue weighted by molar-refractivity contribution is 6.03. The lowest BCUT2D eigenvalue weighted by atomic mass is 10.2. The molecule has 0 spiro atoms. The third kappa shape index (κ3) is 4.84. The van der Waals surface area contributed by atoms with Gasteiger partial charge in [-0.1, -0.05) is 0 Å². The number of anilines is 2. The molecule has 0 fully saturated rings. The zero-order valence-corrected chi connectivity index (χ0v) is 17.7. The average molecular weight is 450 g/mol. The molecule has 2 aromatic carbocycles. The number of benzene rings is 2. The van der Waals surface area contributed by atoms with Crippen LogP contribution in [0.2, 0.25) is 0 Å². The van der Waals surface area contributed by atoms with Gasteiger partial charge < -0.3 is 29.6 Å². The Kier molecular flexibility index (Phi) is 5.71. The van der Waals surface area contributed by atoms with Crippen molar-refractivity contribution >= 4 is 23.2 Å². The van der Waals surface area contributed by atoms with Crippen molar-refractivity contribution in [1.29, 1.82) is 0 Å². The van der Waals surface area contributed by atoms with Gasteiger partial charge in [-0.25, -0.2) is 0 Å². The quantitative estimate of drug-likeness (QED) is 0.594. The molecule has 0 radical (unpaired) electrons. The van der Waals surface area contributed by atoms with E-state index < -0.39 is 0 Å². The van der Waals surface area contributed by atoms with Crippen molar-refractivity contribution in [2.75, 3.05) is 37.1 Å². The van der Waals surface area contributed by atoms with Gasteiger partial charge in [0.25, 0.3) is 5.91 Å². The van der Waals surface area contributed by atoms with E-state index >= 15 is 0 Å². The van der Waals surface area contributed by atoms with E-state index in [1.807, 2.05) is 0 Å². The molecule has 0 unspecified atom stereocenters. The topological polar surface area (TPSA) is 113 Å². The molecule has 0 saturated heterocycles. The number of hydrogen-bond acceptors (Lipinski definition) is 7. The van der Waals surface area contributed by atoms with Crippen molar-refractivity contribution < 1.29 is 28.5 Å². The summed E-state index contributed by atoms with van der Waals surface area (Å²) in [5.41, 5.74) is 1.46. The Morgan fingerprint density at radius 2 is 1.36 bits per heavy atom. The standard InChI is InChI=1S/C23H22N4O6/c28-22(24-15-1-3-18-20(13-15)32-11-9-30-18)6-8-27-7-5-17(26-27)23(29)25-16-2-4-19-21(14-16)33-12-10-31-19/h1-5,7,13-14H,6,8-12H2,(H,24,28)(H,25,29). The first-order valence-electron chi connectivity index (χ1n) is 10.6. The number of aryl methyl sites for hydroxylation is 1. The van der Waals surface area contributed by atoms with E-state index in [9.17, 15) is 9.59 Å². The molecule has 0 bridgehead atoms.